The molecule has 0 saturated carbocycles. The van der Waals surface area contributed by atoms with Crippen LogP contribution in [0.15, 0.2) is 398 Å². The summed E-state index contributed by atoms with van der Waals surface area (Å²) in [7, 11) is -10.4. The Morgan fingerprint density at radius 2 is 0.397 bits per heavy atom. The minimum atomic E-state index is -5.21. The zero-order valence-corrected chi connectivity index (χ0v) is 87.9. The predicted octanol–water partition coefficient (Wildman–Crippen LogP) is 30.5. The first-order valence-corrected chi connectivity index (χ1v) is 52.6. The first kappa shape index (κ1) is 101. The Morgan fingerprint density at radius 1 is 0.233 bits per heavy atom. The third-order valence-electron chi connectivity index (χ3n) is 28.3. The van der Waals surface area contributed by atoms with Crippen LogP contribution < -0.4 is 9.47 Å². The Balaban J connectivity index is 0.597. The molecule has 2 aromatic heterocycles. The molecule has 16 aromatic carbocycles. The first-order chi connectivity index (χ1) is 69.3. The molecule has 0 aliphatic rings. The monoisotopic (exact) mass is 1960 g/mol. The van der Waals surface area contributed by atoms with Gasteiger partial charge < -0.3 is 18.6 Å². The van der Waals surface area contributed by atoms with Gasteiger partial charge in [-0.05, 0) is 237 Å². The third-order valence-corrected chi connectivity index (χ3v) is 30.1. The van der Waals surface area contributed by atoms with Crippen molar-refractivity contribution in [2.24, 2.45) is 0 Å². The summed E-state index contributed by atoms with van der Waals surface area (Å²) in [6.07, 6.45) is 5.70. The van der Waals surface area contributed by atoms with Gasteiger partial charge in [0, 0.05) is 0 Å². The molecule has 0 aliphatic carbocycles. The quantitative estimate of drug-likeness (QED) is 0.0283. The highest BCUT2D eigenvalue weighted by Crippen LogP contribution is 2.51. The topological polar surface area (TPSA) is 194 Å². The average molecular weight is 1960 g/mol. The molecule has 2 heterocycles. The molecule has 0 bridgehead atoms. The van der Waals surface area contributed by atoms with Gasteiger partial charge in [-0.2, -0.15) is 0 Å². The molecular formula is C130H124N6O8S2-2. The van der Waals surface area contributed by atoms with E-state index in [0.717, 1.165) is 123 Å². The Labute approximate surface area is 861 Å². The van der Waals surface area contributed by atoms with Crippen LogP contribution in [0.25, 0.3) is 90.3 Å². The molecule has 0 spiro atoms. The fraction of sp³-hybridized carbons (Fsp3) is 0.215. The Kier molecular flexibility index (Phi) is 27.6. The summed E-state index contributed by atoms with van der Waals surface area (Å²) in [5, 5.41) is 17.5. The zero-order chi connectivity index (χ0) is 103. The molecule has 0 radical (unpaired) electrons. The van der Waals surface area contributed by atoms with E-state index in [0.29, 0.717) is 22.9 Å². The van der Waals surface area contributed by atoms with Crippen molar-refractivity contribution < 1.29 is 35.4 Å². The molecule has 0 atom stereocenters. The van der Waals surface area contributed by atoms with Gasteiger partial charge in [0.25, 0.3) is 0 Å². The van der Waals surface area contributed by atoms with Crippen LogP contribution in [-0.4, -0.2) is 55.9 Å². The Morgan fingerprint density at radius 3 is 0.562 bits per heavy atom. The zero-order valence-electron chi connectivity index (χ0n) is 86.3. The molecule has 0 fully saturated rings. The number of rotatable bonds is 26. The van der Waals surface area contributed by atoms with Crippen LogP contribution >= 0.6 is 0 Å². The van der Waals surface area contributed by atoms with E-state index in [9.17, 15) is 25.9 Å². The van der Waals surface area contributed by atoms with Gasteiger partial charge in [-0.1, -0.05) is 475 Å². The molecule has 146 heavy (non-hydrogen) atoms. The lowest BCUT2D eigenvalue weighted by Gasteiger charge is -2.37. The number of benzene rings is 16. The second-order valence-corrected chi connectivity index (χ2v) is 47.2. The van der Waals surface area contributed by atoms with Gasteiger partial charge in [0.2, 0.25) is 0 Å². The van der Waals surface area contributed by atoms with Crippen molar-refractivity contribution in [3.05, 3.63) is 489 Å². The van der Waals surface area contributed by atoms with Crippen molar-refractivity contribution >= 4 is 32.4 Å². The molecule has 0 N–H and O–H groups in total. The lowest BCUT2D eigenvalue weighted by Crippen LogP contribution is -2.31. The van der Waals surface area contributed by atoms with E-state index in [-0.39, 0.29) is 68.2 Å². The summed E-state index contributed by atoms with van der Waals surface area (Å²) in [6, 6.07) is 131. The van der Waals surface area contributed by atoms with E-state index < -0.39 is 40.9 Å². The van der Waals surface area contributed by atoms with E-state index in [4.69, 9.17) is 9.47 Å². The fourth-order valence-corrected chi connectivity index (χ4v) is 20.9. The van der Waals surface area contributed by atoms with Gasteiger partial charge in [0.05, 0.1) is 44.4 Å². The molecule has 0 aliphatic heterocycles. The molecule has 18 aromatic rings. The number of ether oxygens (including phenoxy) is 2. The lowest BCUT2D eigenvalue weighted by molar-refractivity contribution is 0.301. The van der Waals surface area contributed by atoms with Crippen LogP contribution in [0.4, 0.5) is 0 Å². The largest absolute Gasteiger partial charge is 0.744 e. The van der Waals surface area contributed by atoms with Gasteiger partial charge in [0.1, 0.15) is 56.3 Å². The maximum absolute atomic E-state index is 13.3. The number of hydrogen-bond donors (Lipinski definition) is 0. The van der Waals surface area contributed by atoms with Crippen molar-refractivity contribution in [2.75, 3.05) is 0 Å². The van der Waals surface area contributed by atoms with Gasteiger partial charge in [-0.3, -0.25) is 0 Å². The van der Waals surface area contributed by atoms with E-state index in [2.05, 4.69) is 461 Å². The lowest BCUT2D eigenvalue weighted by atomic mass is 9.64. The summed E-state index contributed by atoms with van der Waals surface area (Å²) >= 11 is 0. The van der Waals surface area contributed by atoms with E-state index in [1.807, 2.05) is 24.3 Å². The van der Waals surface area contributed by atoms with Gasteiger partial charge >= 0.3 is 0 Å². The first-order valence-electron chi connectivity index (χ1n) is 49.8. The average Bonchev–Trinajstić information content (AvgIpc) is 0.748. The minimum Gasteiger partial charge on any atom is -0.744 e. The van der Waals surface area contributed by atoms with Crippen molar-refractivity contribution in [2.45, 2.75) is 191 Å². The second kappa shape index (κ2) is 39.8. The molecule has 0 amide bonds. The van der Waals surface area contributed by atoms with Crippen LogP contribution in [0.5, 0.6) is 11.5 Å². The number of aromatic nitrogens is 6. The van der Waals surface area contributed by atoms with Gasteiger partial charge in [0.15, 0.2) is 0 Å². The van der Waals surface area contributed by atoms with Gasteiger partial charge in [-0.15, -0.1) is 10.2 Å². The molecular weight excluding hydrogens is 1840 g/mol. The highest BCUT2D eigenvalue weighted by atomic mass is 32.2. The van der Waals surface area contributed by atoms with Gasteiger partial charge in [-0.25, -0.2) is 26.2 Å². The number of nitrogens with zero attached hydrogens (tertiary/aromatic N) is 6. The van der Waals surface area contributed by atoms with Crippen LogP contribution in [-0.2, 0) is 76.8 Å². The van der Waals surface area contributed by atoms with Crippen LogP contribution in [0.3, 0.4) is 0 Å². The normalized spacial score (nSPS) is 12.7. The molecule has 0 unspecified atom stereocenters. The minimum absolute atomic E-state index is 0.00437. The van der Waals surface area contributed by atoms with Crippen molar-refractivity contribution in [3.8, 4) is 89.6 Å². The maximum Gasteiger partial charge on any atom is 0.134 e. The van der Waals surface area contributed by atoms with E-state index in [1.54, 1.807) is 24.5 Å². The highest BCUT2D eigenvalue weighted by molar-refractivity contribution is 7.86. The van der Waals surface area contributed by atoms with E-state index >= 15 is 0 Å². The van der Waals surface area contributed by atoms with Crippen LogP contribution in [0, 0.1) is 0 Å². The van der Waals surface area contributed by atoms with Crippen molar-refractivity contribution in [3.63, 3.8) is 0 Å². The van der Waals surface area contributed by atoms with Crippen LogP contribution in [0.2, 0.25) is 0 Å². The second-order valence-electron chi connectivity index (χ2n) is 44.5. The molecule has 736 valence electrons. The summed E-state index contributed by atoms with van der Waals surface area (Å²) in [6.45, 7) is 40.0. The van der Waals surface area contributed by atoms with Crippen molar-refractivity contribution in [1.29, 1.82) is 0 Å². The molecule has 16 heteroatoms. The van der Waals surface area contributed by atoms with Crippen LogP contribution in [0.1, 0.15) is 225 Å². The standard InChI is InChI=1S/C130H126N6O8S2/c1-123(2,3)101-47-21-87(22-48-101)93-33-59-107(60-34-93)129(108-61-35-94(36-62-108)88-23-49-102(50-24-88)124(4,5)6,109-63-37-95(38-64-109)89-25-51-103(52-26-89)125(7,8)9)113-71-77-119(78-72-113)143-85-115-83-135(133-131-115)117-75-45-99(121(81-117)145(137,138)139)19-20-100-46-76-118(82-122(100)146(140,141)142)136-84-116(132-134-136)86-144-120-79-73-114(74-80-120)130(110-65-39-96(40-66-110)90-27-53-104(54-28-90)126(10,11)12,111-67-41-97(42-68-111)91-29-55-105(56-30-91)127(13,14)15)112-69-43-98(44-70-112)92-31-57-106(58-32-92)128(16,17)18/h19-84H,85-86H2,1-18H3,(H,137,138,139)(H,140,141,142)/p-2/b20-19+. The molecule has 14 nitrogen and oxygen atoms in total. The third kappa shape index (κ3) is 21.7. The van der Waals surface area contributed by atoms with Crippen molar-refractivity contribution in [1.82, 2.24) is 30.0 Å². The summed E-state index contributed by atoms with van der Waals surface area (Å²) in [4.78, 5) is -1.27. The maximum atomic E-state index is 13.3. The summed E-state index contributed by atoms with van der Waals surface area (Å²) in [5.41, 5.74) is 28.5. The van der Waals surface area contributed by atoms with E-state index in [1.165, 1.54) is 67.0 Å². The Bertz CT molecular complexity index is 7020. The molecule has 0 saturated heterocycles. The summed E-state index contributed by atoms with van der Waals surface area (Å²) < 4.78 is 95.4. The number of hydrogen-bond acceptors (Lipinski definition) is 12. The fourth-order valence-electron chi connectivity index (χ4n) is 19.6. The smallest absolute Gasteiger partial charge is 0.134 e. The Hall–Kier alpha value is -15.0. The highest BCUT2D eigenvalue weighted by Gasteiger charge is 2.41. The predicted molar refractivity (Wildman–Crippen MR) is 591 cm³/mol. The summed E-state index contributed by atoms with van der Waals surface area (Å²) in [5.74, 6) is 1.09. The molecule has 18 rings (SSSR count). The SMILES string of the molecule is CC(C)(C)c1ccc(-c2ccc(C(c3ccc(OCc4cn(-c5ccc(/C=C/c6ccc(-n7cc(COc8ccc(C(c9ccc(-c%10ccc(C(C)(C)C)cc%10)cc9)(c9ccc(-c%10ccc(C(C)(C)C)cc%10)cc9)c9ccc(-c%10ccc(C(C)(C)C)cc%10)cc9)cc8)nn7)cc6S(=O)(=O)[O-])c(S(=O)(=O)[O-])c5)nn4)cc3)(c3ccc(-c4ccc(C(C)(C)C)cc4)cc3)c3ccc(-c4ccc(C(C)(C)C)cc4)cc3)cc2)cc1.